The van der Waals surface area contributed by atoms with E-state index in [0.29, 0.717) is 6.79 Å². The van der Waals surface area contributed by atoms with Gasteiger partial charge in [-0.25, -0.2) is 0 Å². The Kier molecular flexibility index (Phi) is 6.23. The average molecular weight is 446 g/mol. The van der Waals surface area contributed by atoms with Crippen molar-refractivity contribution in [1.82, 2.24) is 15.1 Å². The van der Waals surface area contributed by atoms with Gasteiger partial charge in [-0.15, -0.1) is 0 Å². The summed E-state index contributed by atoms with van der Waals surface area (Å²) < 4.78 is 10.9. The topological polar surface area (TPSA) is 37.0 Å². The van der Waals surface area contributed by atoms with E-state index < -0.39 is 0 Å². The first kappa shape index (κ1) is 20.8. The van der Waals surface area contributed by atoms with Crippen LogP contribution in [0.5, 0.6) is 11.5 Å². The Morgan fingerprint density at radius 3 is 2.09 bits per heavy atom. The second kappa shape index (κ2) is 9.59. The van der Waals surface area contributed by atoms with E-state index in [1.54, 1.807) is 0 Å². The third kappa shape index (κ3) is 4.71. The van der Waals surface area contributed by atoms with Gasteiger partial charge in [0.1, 0.15) is 0 Å². The van der Waals surface area contributed by atoms with Crippen LogP contribution >= 0.6 is 12.2 Å². The van der Waals surface area contributed by atoms with E-state index in [9.17, 15) is 0 Å². The molecule has 3 aromatic rings. The molecule has 0 spiro atoms. The van der Waals surface area contributed by atoms with E-state index in [1.165, 1.54) is 16.7 Å². The summed E-state index contributed by atoms with van der Waals surface area (Å²) in [4.78, 5) is 4.74. The molecule has 0 aliphatic carbocycles. The van der Waals surface area contributed by atoms with Gasteiger partial charge in [-0.1, -0.05) is 66.7 Å². The molecule has 0 radical (unpaired) electrons. The van der Waals surface area contributed by atoms with Gasteiger partial charge in [0, 0.05) is 32.7 Å². The van der Waals surface area contributed by atoms with Gasteiger partial charge < -0.3 is 19.7 Å². The maximum atomic E-state index is 5.84. The van der Waals surface area contributed by atoms with Crippen molar-refractivity contribution in [3.05, 3.63) is 95.6 Å². The Morgan fingerprint density at radius 2 is 1.44 bits per heavy atom. The number of nitrogens with one attached hydrogen (secondary N) is 1. The van der Waals surface area contributed by atoms with Crippen molar-refractivity contribution in [3.8, 4) is 11.5 Å². The van der Waals surface area contributed by atoms with Gasteiger partial charge in [-0.3, -0.25) is 4.90 Å². The van der Waals surface area contributed by atoms with Gasteiger partial charge >= 0.3 is 0 Å². The number of piperazine rings is 1. The first-order chi connectivity index (χ1) is 15.8. The predicted molar refractivity (Wildman–Crippen MR) is 130 cm³/mol. The minimum atomic E-state index is 0.0385. The summed E-state index contributed by atoms with van der Waals surface area (Å²) in [5.41, 5.74) is 3.67. The second-order valence-electron chi connectivity index (χ2n) is 8.15. The van der Waals surface area contributed by atoms with Crippen molar-refractivity contribution in [3.63, 3.8) is 0 Å². The quantitative estimate of drug-likeness (QED) is 0.594. The summed E-state index contributed by atoms with van der Waals surface area (Å²) in [6, 6.07) is 27.2. The minimum absolute atomic E-state index is 0.0385. The SMILES string of the molecule is S=C(NC(c1ccccc1)c1ccccc1)N1CCN(Cc2ccc3c(c2)OCO3)CC1. The highest BCUT2D eigenvalue weighted by Gasteiger charge is 2.23. The van der Waals surface area contributed by atoms with E-state index in [0.717, 1.165) is 49.3 Å². The molecule has 0 aromatic heterocycles. The standard InChI is InChI=1S/C26H27N3O2S/c32-26(27-25(21-7-3-1-4-8-21)22-9-5-2-6-10-22)29-15-13-28(14-16-29)18-20-11-12-23-24(17-20)31-19-30-23/h1-12,17,25H,13-16,18-19H2,(H,27,32). The molecular formula is C26H27N3O2S. The van der Waals surface area contributed by atoms with Crippen molar-refractivity contribution >= 4 is 17.3 Å². The van der Waals surface area contributed by atoms with Crippen LogP contribution in [0.4, 0.5) is 0 Å². The third-order valence-corrected chi connectivity index (χ3v) is 6.41. The minimum Gasteiger partial charge on any atom is -0.454 e. The highest BCUT2D eigenvalue weighted by molar-refractivity contribution is 7.80. The van der Waals surface area contributed by atoms with Crippen LogP contribution < -0.4 is 14.8 Å². The molecule has 0 atom stereocenters. The molecule has 3 aromatic carbocycles. The Morgan fingerprint density at radius 1 is 0.812 bits per heavy atom. The zero-order valence-corrected chi connectivity index (χ0v) is 18.8. The number of benzene rings is 3. The third-order valence-electron chi connectivity index (χ3n) is 6.04. The van der Waals surface area contributed by atoms with E-state index in [-0.39, 0.29) is 6.04 Å². The lowest BCUT2D eigenvalue weighted by Gasteiger charge is -2.37. The van der Waals surface area contributed by atoms with Crippen LogP contribution in [0.1, 0.15) is 22.7 Å². The summed E-state index contributed by atoms with van der Waals surface area (Å²) in [5.74, 6) is 1.68. The van der Waals surface area contributed by atoms with Crippen LogP contribution in [-0.2, 0) is 6.54 Å². The molecule has 5 rings (SSSR count). The molecule has 0 bridgehead atoms. The molecule has 1 fully saturated rings. The number of hydrogen-bond donors (Lipinski definition) is 1. The van der Waals surface area contributed by atoms with Gasteiger partial charge in [-0.2, -0.15) is 0 Å². The van der Waals surface area contributed by atoms with Gasteiger partial charge in [0.15, 0.2) is 16.6 Å². The van der Waals surface area contributed by atoms with Gasteiger partial charge in [0.25, 0.3) is 0 Å². The predicted octanol–water partition coefficient (Wildman–Crippen LogP) is 4.20. The van der Waals surface area contributed by atoms with E-state index >= 15 is 0 Å². The van der Waals surface area contributed by atoms with Crippen LogP contribution in [0, 0.1) is 0 Å². The molecule has 0 unspecified atom stereocenters. The Balaban J connectivity index is 1.20. The molecule has 32 heavy (non-hydrogen) atoms. The summed E-state index contributed by atoms with van der Waals surface area (Å²) in [7, 11) is 0. The largest absolute Gasteiger partial charge is 0.454 e. The Bertz CT molecular complexity index is 1010. The summed E-state index contributed by atoms with van der Waals surface area (Å²) in [5, 5.41) is 4.43. The van der Waals surface area contributed by atoms with E-state index in [2.05, 4.69) is 75.8 Å². The molecule has 0 saturated carbocycles. The van der Waals surface area contributed by atoms with E-state index in [1.807, 2.05) is 18.2 Å². The fraction of sp³-hybridized carbons (Fsp3) is 0.269. The van der Waals surface area contributed by atoms with Crippen LogP contribution in [0.3, 0.4) is 0 Å². The second-order valence-corrected chi connectivity index (χ2v) is 8.54. The number of ether oxygens (including phenoxy) is 2. The molecule has 2 heterocycles. The zero-order chi connectivity index (χ0) is 21.8. The van der Waals surface area contributed by atoms with Crippen molar-refractivity contribution < 1.29 is 9.47 Å². The van der Waals surface area contributed by atoms with Crippen molar-refractivity contribution in [1.29, 1.82) is 0 Å². The van der Waals surface area contributed by atoms with Crippen LogP contribution in [0.2, 0.25) is 0 Å². The molecule has 2 aliphatic rings. The summed E-state index contributed by atoms with van der Waals surface area (Å²) >= 11 is 5.84. The molecule has 5 nitrogen and oxygen atoms in total. The van der Waals surface area contributed by atoms with Gasteiger partial charge in [0.05, 0.1) is 6.04 Å². The molecule has 0 amide bonds. The lowest BCUT2D eigenvalue weighted by atomic mass is 9.99. The number of rotatable bonds is 5. The van der Waals surface area contributed by atoms with Crippen LogP contribution in [-0.4, -0.2) is 47.9 Å². The van der Waals surface area contributed by atoms with Crippen molar-refractivity contribution in [2.24, 2.45) is 0 Å². The van der Waals surface area contributed by atoms with Crippen molar-refractivity contribution in [2.45, 2.75) is 12.6 Å². The fourth-order valence-corrected chi connectivity index (χ4v) is 4.57. The van der Waals surface area contributed by atoms with Gasteiger partial charge in [0.2, 0.25) is 6.79 Å². The lowest BCUT2D eigenvalue weighted by Crippen LogP contribution is -2.51. The van der Waals surface area contributed by atoms with E-state index in [4.69, 9.17) is 21.7 Å². The smallest absolute Gasteiger partial charge is 0.231 e. The van der Waals surface area contributed by atoms with Crippen LogP contribution in [0.25, 0.3) is 0 Å². The number of fused-ring (bicyclic) bond motifs is 1. The zero-order valence-electron chi connectivity index (χ0n) is 17.9. The maximum Gasteiger partial charge on any atom is 0.231 e. The monoisotopic (exact) mass is 445 g/mol. The molecule has 2 aliphatic heterocycles. The molecular weight excluding hydrogens is 418 g/mol. The molecule has 6 heteroatoms. The Labute approximate surface area is 194 Å². The number of nitrogens with zero attached hydrogens (tertiary/aromatic N) is 2. The van der Waals surface area contributed by atoms with Gasteiger partial charge in [-0.05, 0) is 41.0 Å². The highest BCUT2D eigenvalue weighted by atomic mass is 32.1. The molecule has 1 saturated heterocycles. The van der Waals surface area contributed by atoms with Crippen molar-refractivity contribution in [2.75, 3.05) is 33.0 Å². The highest BCUT2D eigenvalue weighted by Crippen LogP contribution is 2.33. The Hall–Kier alpha value is -3.09. The first-order valence-corrected chi connectivity index (χ1v) is 11.4. The number of hydrogen-bond acceptors (Lipinski definition) is 4. The number of thiocarbonyl (C=S) groups is 1. The maximum absolute atomic E-state index is 5.84. The molecule has 1 N–H and O–H groups in total. The normalized spacial score (nSPS) is 15.7. The lowest BCUT2D eigenvalue weighted by molar-refractivity contribution is 0.172. The first-order valence-electron chi connectivity index (χ1n) is 11.0. The average Bonchev–Trinajstić information content (AvgIpc) is 3.32. The fourth-order valence-electron chi connectivity index (χ4n) is 4.27. The van der Waals surface area contributed by atoms with Crippen LogP contribution in [0.15, 0.2) is 78.9 Å². The molecule has 164 valence electrons. The summed E-state index contributed by atoms with van der Waals surface area (Å²) in [6.45, 7) is 4.98. The summed E-state index contributed by atoms with van der Waals surface area (Å²) in [6.07, 6.45) is 0.